The molecule has 4 nitrogen and oxygen atoms in total. The van der Waals surface area contributed by atoms with E-state index >= 15 is 0 Å². The van der Waals surface area contributed by atoms with Crippen molar-refractivity contribution in [2.24, 2.45) is 17.3 Å². The number of carboxylic acid groups (broad SMARTS) is 1. The van der Waals surface area contributed by atoms with Crippen molar-refractivity contribution < 1.29 is 27.8 Å². The lowest BCUT2D eigenvalue weighted by Gasteiger charge is -2.41. The van der Waals surface area contributed by atoms with Crippen molar-refractivity contribution in [1.29, 1.82) is 0 Å². The van der Waals surface area contributed by atoms with Gasteiger partial charge in [0.1, 0.15) is 11.3 Å². The van der Waals surface area contributed by atoms with Gasteiger partial charge in [0.25, 0.3) is 0 Å². The number of nitrogens with zero attached hydrogens (tertiary/aromatic N) is 1. The normalized spacial score (nSPS) is 29.4. The summed E-state index contributed by atoms with van der Waals surface area (Å²) in [4.78, 5) is 14.0. The predicted molar refractivity (Wildman–Crippen MR) is 142 cm³/mol. The number of hydrogen-bond acceptors (Lipinski definition) is 3. The Morgan fingerprint density at radius 1 is 0.974 bits per heavy atom. The molecule has 2 aromatic rings. The third-order valence-electron chi connectivity index (χ3n) is 9.55. The Balaban J connectivity index is 1.39. The monoisotopic (exact) mass is 531 g/mol. The van der Waals surface area contributed by atoms with Gasteiger partial charge in [-0.25, -0.2) is 0 Å². The molecule has 0 spiro atoms. The van der Waals surface area contributed by atoms with Crippen molar-refractivity contribution in [1.82, 2.24) is 4.90 Å². The van der Waals surface area contributed by atoms with Crippen LogP contribution in [0.15, 0.2) is 30.3 Å². The van der Waals surface area contributed by atoms with E-state index in [-0.39, 0.29) is 46.7 Å². The van der Waals surface area contributed by atoms with Crippen LogP contribution in [0.3, 0.4) is 0 Å². The fourth-order valence-corrected chi connectivity index (χ4v) is 7.42. The van der Waals surface area contributed by atoms with E-state index in [1.165, 1.54) is 6.07 Å². The molecule has 2 saturated heterocycles. The van der Waals surface area contributed by atoms with E-state index in [2.05, 4.69) is 32.6 Å². The maximum absolute atomic E-state index is 14.4. The molecule has 2 aliphatic heterocycles. The van der Waals surface area contributed by atoms with Crippen molar-refractivity contribution in [3.8, 4) is 5.75 Å². The molecular formula is C31H40F3NO3. The molecule has 5 rings (SSSR count). The molecule has 3 aliphatic rings. The summed E-state index contributed by atoms with van der Waals surface area (Å²) >= 11 is 0. The van der Waals surface area contributed by atoms with Gasteiger partial charge in [0.05, 0.1) is 12.0 Å². The quantitative estimate of drug-likeness (QED) is 0.422. The van der Waals surface area contributed by atoms with Crippen LogP contribution in [0.2, 0.25) is 0 Å². The molecule has 208 valence electrons. The molecule has 1 N–H and O–H groups in total. The Morgan fingerprint density at radius 3 is 2.16 bits per heavy atom. The topological polar surface area (TPSA) is 49.8 Å². The lowest BCUT2D eigenvalue weighted by Crippen LogP contribution is -2.45. The number of carboxylic acids is 1. The molecule has 3 fully saturated rings. The summed E-state index contributed by atoms with van der Waals surface area (Å²) in [5, 5.41) is 10.2. The number of aliphatic carboxylic acids is 1. The molecule has 0 radical (unpaired) electrons. The number of alkyl halides is 3. The highest BCUT2D eigenvalue weighted by molar-refractivity contribution is 5.89. The first kappa shape index (κ1) is 27.3. The van der Waals surface area contributed by atoms with E-state index < -0.39 is 17.7 Å². The van der Waals surface area contributed by atoms with E-state index in [0.29, 0.717) is 24.1 Å². The van der Waals surface area contributed by atoms with Crippen LogP contribution < -0.4 is 4.74 Å². The summed E-state index contributed by atoms with van der Waals surface area (Å²) in [5.74, 6) is -0.533. The Hall–Kier alpha value is -2.28. The second-order valence-corrected chi connectivity index (χ2v) is 12.9. The fourth-order valence-electron chi connectivity index (χ4n) is 7.42. The van der Waals surface area contributed by atoms with Crippen LogP contribution >= 0.6 is 0 Å². The van der Waals surface area contributed by atoms with E-state index in [1.807, 2.05) is 12.1 Å². The minimum atomic E-state index is -4.53. The van der Waals surface area contributed by atoms with E-state index in [0.717, 1.165) is 44.1 Å². The summed E-state index contributed by atoms with van der Waals surface area (Å²) in [5.41, 5.74) is 0.478. The summed E-state index contributed by atoms with van der Waals surface area (Å²) in [7, 11) is 0. The zero-order valence-corrected chi connectivity index (χ0v) is 22.9. The Labute approximate surface area is 223 Å². The zero-order chi connectivity index (χ0) is 27.4. The number of benzene rings is 2. The van der Waals surface area contributed by atoms with Gasteiger partial charge in [-0.2, -0.15) is 13.2 Å². The van der Waals surface area contributed by atoms with Crippen molar-refractivity contribution >= 4 is 16.7 Å². The van der Waals surface area contributed by atoms with Crippen molar-refractivity contribution in [3.05, 3.63) is 41.5 Å². The lowest BCUT2D eigenvalue weighted by molar-refractivity contribution is -0.144. The molecule has 1 aliphatic carbocycles. The van der Waals surface area contributed by atoms with Gasteiger partial charge >= 0.3 is 12.1 Å². The summed E-state index contributed by atoms with van der Waals surface area (Å²) < 4.78 is 49.2. The van der Waals surface area contributed by atoms with Gasteiger partial charge in [-0.05, 0) is 98.1 Å². The molecule has 2 bridgehead atoms. The second kappa shape index (κ2) is 10.0. The van der Waals surface area contributed by atoms with E-state index in [4.69, 9.17) is 4.74 Å². The van der Waals surface area contributed by atoms with Crippen molar-refractivity contribution in [2.45, 2.75) is 109 Å². The minimum absolute atomic E-state index is 0.00918. The van der Waals surface area contributed by atoms with Gasteiger partial charge in [0.2, 0.25) is 0 Å². The molecule has 1 saturated carbocycles. The summed E-state index contributed by atoms with van der Waals surface area (Å²) in [6, 6.07) is 8.94. The third kappa shape index (κ3) is 5.28. The molecule has 3 unspecified atom stereocenters. The molecule has 2 heterocycles. The van der Waals surface area contributed by atoms with Crippen LogP contribution in [-0.4, -0.2) is 34.2 Å². The van der Waals surface area contributed by atoms with Crippen molar-refractivity contribution in [2.75, 3.05) is 0 Å². The van der Waals surface area contributed by atoms with E-state index in [1.54, 1.807) is 12.1 Å². The maximum atomic E-state index is 14.4. The SMILES string of the molecule is CC(c1ccc2c(C(F)(F)F)c(OC3CCC(C(C)(C)C)CC3)ccc2c1)N1C2CCC1CC(C(=O)O)C2. The van der Waals surface area contributed by atoms with Crippen LogP contribution in [0.25, 0.3) is 10.8 Å². The lowest BCUT2D eigenvalue weighted by atomic mass is 9.72. The van der Waals surface area contributed by atoms with Crippen LogP contribution in [0.1, 0.15) is 96.2 Å². The largest absolute Gasteiger partial charge is 0.490 e. The average Bonchev–Trinajstić information content (AvgIpc) is 3.10. The molecule has 7 heteroatoms. The third-order valence-corrected chi connectivity index (χ3v) is 9.55. The van der Waals surface area contributed by atoms with Gasteiger partial charge in [-0.1, -0.05) is 39.0 Å². The molecule has 3 atom stereocenters. The number of fused-ring (bicyclic) bond motifs is 3. The highest BCUT2D eigenvalue weighted by Gasteiger charge is 2.45. The summed E-state index contributed by atoms with van der Waals surface area (Å²) in [6.07, 6.45) is 1.99. The highest BCUT2D eigenvalue weighted by Crippen LogP contribution is 2.46. The average molecular weight is 532 g/mol. The number of piperidine rings is 1. The van der Waals surface area contributed by atoms with Crippen molar-refractivity contribution in [3.63, 3.8) is 0 Å². The second-order valence-electron chi connectivity index (χ2n) is 12.9. The van der Waals surface area contributed by atoms with Gasteiger partial charge in [-0.15, -0.1) is 0 Å². The first-order valence-electron chi connectivity index (χ1n) is 14.1. The number of rotatable bonds is 5. The summed E-state index contributed by atoms with van der Waals surface area (Å²) in [6.45, 7) is 8.76. The molecule has 0 amide bonds. The number of carbonyl (C=O) groups is 1. The molecule has 38 heavy (non-hydrogen) atoms. The number of ether oxygens (including phenoxy) is 1. The first-order chi connectivity index (χ1) is 17.8. The van der Waals surface area contributed by atoms with Gasteiger partial charge in [0, 0.05) is 18.1 Å². The Bertz CT molecular complexity index is 1170. The highest BCUT2D eigenvalue weighted by atomic mass is 19.4. The smallest absolute Gasteiger partial charge is 0.420 e. The fraction of sp³-hybridized carbons (Fsp3) is 0.645. The zero-order valence-electron chi connectivity index (χ0n) is 22.9. The molecular weight excluding hydrogens is 491 g/mol. The van der Waals surface area contributed by atoms with Gasteiger partial charge < -0.3 is 9.84 Å². The Kier molecular flexibility index (Phi) is 7.21. The van der Waals surface area contributed by atoms with Crippen LogP contribution in [0, 0.1) is 17.3 Å². The van der Waals surface area contributed by atoms with Crippen LogP contribution in [-0.2, 0) is 11.0 Å². The number of hydrogen-bond donors (Lipinski definition) is 1. The Morgan fingerprint density at radius 2 is 1.61 bits per heavy atom. The predicted octanol–water partition coefficient (Wildman–Crippen LogP) is 8.23. The standard InChI is InChI=1S/C31H40F3NO3/c1-18(35-23-9-10-24(35)17-21(16-23)29(36)37)19-5-13-26-20(15-19)6-14-27(28(26)31(32,33)34)38-25-11-7-22(8-12-25)30(2,3)4/h5-6,13-15,18,21-25H,7-12,16-17H2,1-4H3,(H,36,37). The number of halogens is 3. The first-order valence-corrected chi connectivity index (χ1v) is 14.1. The van der Waals surface area contributed by atoms with E-state index in [9.17, 15) is 23.1 Å². The van der Waals surface area contributed by atoms with Gasteiger partial charge in [0.15, 0.2) is 0 Å². The molecule has 2 aromatic carbocycles. The van der Waals surface area contributed by atoms with Gasteiger partial charge in [-0.3, -0.25) is 9.69 Å². The maximum Gasteiger partial charge on any atom is 0.420 e. The van der Waals surface area contributed by atoms with Crippen LogP contribution in [0.4, 0.5) is 13.2 Å². The minimum Gasteiger partial charge on any atom is -0.490 e. The van der Waals surface area contributed by atoms with Crippen LogP contribution in [0.5, 0.6) is 5.75 Å². The molecule has 0 aromatic heterocycles.